The van der Waals surface area contributed by atoms with Crippen molar-refractivity contribution in [2.75, 3.05) is 0 Å². The van der Waals surface area contributed by atoms with Gasteiger partial charge in [0.25, 0.3) is 9.05 Å². The minimum Gasteiger partial charge on any atom is -0.459 e. The first-order valence-corrected chi connectivity index (χ1v) is 14.0. The number of carbonyl (C=O) groups excluding carboxylic acids is 1. The quantitative estimate of drug-likeness (QED) is 0.430. The van der Waals surface area contributed by atoms with Crippen molar-refractivity contribution in [2.24, 2.45) is 5.92 Å². The van der Waals surface area contributed by atoms with E-state index in [0.29, 0.717) is 11.1 Å². The number of benzene rings is 2. The van der Waals surface area contributed by atoms with Crippen LogP contribution in [0.15, 0.2) is 58.3 Å². The minimum atomic E-state index is -3.89. The topological polar surface area (TPSA) is 154 Å². The second kappa shape index (κ2) is 12.1. The normalized spacial score (nSPS) is 12.5. The third kappa shape index (κ3) is 10.0. The van der Waals surface area contributed by atoms with E-state index < -0.39 is 36.7 Å². The van der Waals surface area contributed by atoms with E-state index in [9.17, 15) is 21.6 Å². The molecule has 0 saturated heterocycles. The molecule has 1 atom stereocenters. The number of hydrogen-bond donors (Lipinski definition) is 1. The summed E-state index contributed by atoms with van der Waals surface area (Å²) in [7, 11) is -2.51. The van der Waals surface area contributed by atoms with Crippen LogP contribution in [0.25, 0.3) is 0 Å². The van der Waals surface area contributed by atoms with Crippen LogP contribution in [-0.4, -0.2) is 34.4 Å². The molecule has 0 radical (unpaired) electrons. The molecule has 0 aliphatic rings. The number of nitrogens with one attached hydrogen (secondary N) is 1. The molecule has 0 spiro atoms. The van der Waals surface area contributed by atoms with E-state index in [1.807, 2.05) is 12.1 Å². The van der Waals surface area contributed by atoms with Gasteiger partial charge in [-0.05, 0) is 75.2 Å². The molecule has 2 rings (SSSR count). The highest BCUT2D eigenvalue weighted by molar-refractivity contribution is 8.13. The van der Waals surface area contributed by atoms with Crippen LogP contribution in [0.3, 0.4) is 0 Å². The molecule has 35 heavy (non-hydrogen) atoms. The molecule has 2 aromatic rings. The molecule has 0 heterocycles. The molecule has 2 aromatic carbocycles. The monoisotopic (exact) mass is 539 g/mol. The van der Waals surface area contributed by atoms with Gasteiger partial charge in [-0.2, -0.15) is 15.2 Å². The summed E-state index contributed by atoms with van der Waals surface area (Å²) in [5.74, 6) is -0.900. The number of carbonyl (C=O) groups is 1. The van der Waals surface area contributed by atoms with Gasteiger partial charge in [-0.15, -0.1) is 0 Å². The van der Waals surface area contributed by atoms with E-state index in [1.54, 1.807) is 34.6 Å². The van der Waals surface area contributed by atoms with Crippen molar-refractivity contribution < 1.29 is 26.4 Å². The summed E-state index contributed by atoms with van der Waals surface area (Å²) in [6.45, 7) is 8.62. The first-order chi connectivity index (χ1) is 16.0. The Hall–Kier alpha value is -2.96. The highest BCUT2D eigenvalue weighted by atomic mass is 35.7. The number of esters is 1. The summed E-state index contributed by atoms with van der Waals surface area (Å²) in [5.41, 5.74) is 0.0555. The van der Waals surface area contributed by atoms with Crippen molar-refractivity contribution in [1.29, 1.82) is 10.5 Å². The fourth-order valence-electron chi connectivity index (χ4n) is 2.46. The van der Waals surface area contributed by atoms with Crippen molar-refractivity contribution in [3.8, 4) is 12.1 Å². The van der Waals surface area contributed by atoms with Gasteiger partial charge in [-0.25, -0.2) is 16.8 Å². The Kier molecular flexibility index (Phi) is 10.4. The van der Waals surface area contributed by atoms with Crippen molar-refractivity contribution in [2.45, 2.75) is 56.1 Å². The smallest absolute Gasteiger partial charge is 0.324 e. The fourth-order valence-corrected chi connectivity index (χ4v) is 4.56. The number of sulfonamides is 1. The van der Waals surface area contributed by atoms with Crippen molar-refractivity contribution in [1.82, 2.24) is 4.72 Å². The van der Waals surface area contributed by atoms with Crippen LogP contribution in [0.1, 0.15) is 45.7 Å². The number of ether oxygens (including phenoxy) is 1. The molecule has 0 saturated carbocycles. The Morgan fingerprint density at radius 1 is 0.886 bits per heavy atom. The molecule has 12 heteroatoms. The summed E-state index contributed by atoms with van der Waals surface area (Å²) in [6.07, 6.45) is 0. The van der Waals surface area contributed by atoms with Gasteiger partial charge in [0, 0.05) is 10.7 Å². The Morgan fingerprint density at radius 3 is 1.60 bits per heavy atom. The van der Waals surface area contributed by atoms with E-state index in [0.717, 1.165) is 0 Å². The van der Waals surface area contributed by atoms with E-state index in [2.05, 4.69) is 4.72 Å². The van der Waals surface area contributed by atoms with Gasteiger partial charge in [-0.3, -0.25) is 4.79 Å². The average Bonchev–Trinajstić information content (AvgIpc) is 2.76. The highest BCUT2D eigenvalue weighted by Crippen LogP contribution is 2.17. The zero-order valence-electron chi connectivity index (χ0n) is 19.8. The van der Waals surface area contributed by atoms with Crippen LogP contribution in [0.4, 0.5) is 0 Å². The molecule has 0 aromatic heterocycles. The van der Waals surface area contributed by atoms with Crippen LogP contribution in [0.2, 0.25) is 0 Å². The van der Waals surface area contributed by atoms with Crippen LogP contribution < -0.4 is 4.72 Å². The van der Waals surface area contributed by atoms with Gasteiger partial charge < -0.3 is 4.74 Å². The largest absolute Gasteiger partial charge is 0.459 e. The van der Waals surface area contributed by atoms with Crippen LogP contribution in [-0.2, 0) is 28.6 Å². The summed E-state index contributed by atoms with van der Waals surface area (Å²) in [5, 5.41) is 17.2. The second-order valence-electron chi connectivity index (χ2n) is 8.59. The Bertz CT molecular complexity index is 1320. The zero-order chi connectivity index (χ0) is 27.0. The molecule has 0 fully saturated rings. The number of nitriles is 2. The predicted octanol–water partition coefficient (Wildman–Crippen LogP) is 3.69. The van der Waals surface area contributed by atoms with E-state index in [1.165, 1.54) is 48.5 Å². The molecular formula is C23H26ClN3O6S2. The third-order valence-electron chi connectivity index (χ3n) is 4.17. The fraction of sp³-hybridized carbons (Fsp3) is 0.348. The van der Waals surface area contributed by atoms with Gasteiger partial charge in [0.2, 0.25) is 10.0 Å². The lowest BCUT2D eigenvalue weighted by molar-refractivity contribution is -0.158. The lowest BCUT2D eigenvalue weighted by atomic mass is 10.1. The summed E-state index contributed by atoms with van der Waals surface area (Å²) in [6, 6.07) is 13.6. The highest BCUT2D eigenvalue weighted by Gasteiger charge is 2.32. The van der Waals surface area contributed by atoms with Crippen molar-refractivity contribution in [3.63, 3.8) is 0 Å². The molecule has 0 bridgehead atoms. The molecular weight excluding hydrogens is 514 g/mol. The number of halogens is 1. The maximum Gasteiger partial charge on any atom is 0.324 e. The van der Waals surface area contributed by atoms with Crippen LogP contribution in [0.5, 0.6) is 0 Å². The Balaban J connectivity index is 0.000000427. The second-order valence-corrected chi connectivity index (χ2v) is 12.9. The van der Waals surface area contributed by atoms with Crippen molar-refractivity contribution >= 4 is 35.7 Å². The van der Waals surface area contributed by atoms with E-state index in [-0.39, 0.29) is 15.7 Å². The predicted molar refractivity (Wildman–Crippen MR) is 130 cm³/mol. The zero-order valence-corrected chi connectivity index (χ0v) is 22.2. The molecule has 0 aliphatic heterocycles. The standard InChI is InChI=1S/C16H22N2O4S.C7H4ClNO2S/c1-11(2)14(15(19)22-16(3,4)5)18-23(20,21)13-8-6-12(10-17)7-9-13;8-12(10,11)7-3-1-6(5-9)2-4-7/h6-9,11,14,18H,1-5H3;1-4H/t14-;/m1./s1. The molecule has 188 valence electrons. The number of rotatable bonds is 6. The lowest BCUT2D eigenvalue weighted by Crippen LogP contribution is -2.47. The van der Waals surface area contributed by atoms with Gasteiger partial charge in [0.15, 0.2) is 0 Å². The molecule has 0 unspecified atom stereocenters. The lowest BCUT2D eigenvalue weighted by Gasteiger charge is -2.26. The average molecular weight is 540 g/mol. The molecule has 1 N–H and O–H groups in total. The number of nitrogens with zero attached hydrogens (tertiary/aromatic N) is 2. The number of hydrogen-bond acceptors (Lipinski definition) is 8. The van der Waals surface area contributed by atoms with E-state index >= 15 is 0 Å². The Labute approximate surface area is 210 Å². The molecule has 9 nitrogen and oxygen atoms in total. The first kappa shape index (κ1) is 30.1. The maximum absolute atomic E-state index is 12.4. The maximum atomic E-state index is 12.4. The van der Waals surface area contributed by atoms with Crippen LogP contribution >= 0.6 is 10.7 Å². The van der Waals surface area contributed by atoms with Gasteiger partial charge >= 0.3 is 5.97 Å². The minimum absolute atomic E-state index is 0.00293. The van der Waals surface area contributed by atoms with Gasteiger partial charge in [-0.1, -0.05) is 13.8 Å². The van der Waals surface area contributed by atoms with Crippen LogP contribution in [0, 0.1) is 28.6 Å². The third-order valence-corrected chi connectivity index (χ3v) is 6.99. The SMILES string of the molecule is CC(C)[C@@H](NS(=O)(=O)c1ccc(C#N)cc1)C(=O)OC(C)(C)C.N#Cc1ccc(S(=O)(=O)Cl)cc1. The Morgan fingerprint density at radius 2 is 1.29 bits per heavy atom. The summed E-state index contributed by atoms with van der Waals surface area (Å²) in [4.78, 5) is 12.2. The summed E-state index contributed by atoms with van der Waals surface area (Å²) < 4.78 is 53.9. The first-order valence-electron chi connectivity index (χ1n) is 10.2. The molecule has 0 aliphatic carbocycles. The summed E-state index contributed by atoms with van der Waals surface area (Å²) >= 11 is 0. The van der Waals surface area contributed by atoms with Gasteiger partial charge in [0.05, 0.1) is 33.1 Å². The molecule has 0 amide bonds. The van der Waals surface area contributed by atoms with Gasteiger partial charge in [0.1, 0.15) is 11.6 Å². The van der Waals surface area contributed by atoms with Crippen molar-refractivity contribution in [3.05, 3.63) is 59.7 Å². The van der Waals surface area contributed by atoms with E-state index in [4.69, 9.17) is 25.9 Å².